The number of nitrogens with one attached hydrogen (secondary N) is 3. The standard InChI is InChI=1S/C27H22F3N7O/c1-15-2-6-19(7-3-15)35-26(38)20-11-18(27(28,29)30)5-9-23(20)33-13-16-4-8-22(32-12-16)17-10-21-24(31)36-37-25(21)34-14-17/h2-12,14,33H,13H2,1H3,(H,35,38)(H3,31,34,36,37). The van der Waals surface area contributed by atoms with Crippen molar-refractivity contribution in [3.05, 3.63) is 95.3 Å². The zero-order chi connectivity index (χ0) is 26.9. The zero-order valence-corrected chi connectivity index (χ0v) is 20.1. The highest BCUT2D eigenvalue weighted by molar-refractivity contribution is 6.08. The molecule has 0 atom stereocenters. The van der Waals surface area contributed by atoms with E-state index in [1.807, 2.05) is 19.1 Å². The first-order valence-corrected chi connectivity index (χ1v) is 11.6. The van der Waals surface area contributed by atoms with Crippen LogP contribution < -0.4 is 16.4 Å². The summed E-state index contributed by atoms with van der Waals surface area (Å²) >= 11 is 0. The van der Waals surface area contributed by atoms with Gasteiger partial charge in [0, 0.05) is 35.9 Å². The van der Waals surface area contributed by atoms with Crippen LogP contribution in [0.5, 0.6) is 0 Å². The van der Waals surface area contributed by atoms with E-state index in [4.69, 9.17) is 5.73 Å². The molecule has 38 heavy (non-hydrogen) atoms. The summed E-state index contributed by atoms with van der Waals surface area (Å²) in [7, 11) is 0. The first kappa shape index (κ1) is 24.8. The van der Waals surface area contributed by atoms with Gasteiger partial charge in [0.05, 0.1) is 22.2 Å². The summed E-state index contributed by atoms with van der Waals surface area (Å²) in [5.74, 6) is -0.244. The second-order valence-corrected chi connectivity index (χ2v) is 8.72. The molecule has 0 fully saturated rings. The lowest BCUT2D eigenvalue weighted by Crippen LogP contribution is -2.17. The number of nitrogen functional groups attached to an aromatic ring is 1. The molecule has 11 heteroatoms. The van der Waals surface area contributed by atoms with Crippen LogP contribution in [0.4, 0.5) is 30.4 Å². The number of nitrogens with zero attached hydrogens (tertiary/aromatic N) is 3. The minimum absolute atomic E-state index is 0.123. The fraction of sp³-hybridized carbons (Fsp3) is 0.111. The van der Waals surface area contributed by atoms with Gasteiger partial charge in [0.25, 0.3) is 5.91 Å². The Labute approximate surface area is 215 Å². The van der Waals surface area contributed by atoms with Crippen molar-refractivity contribution in [3.63, 3.8) is 0 Å². The summed E-state index contributed by atoms with van der Waals surface area (Å²) < 4.78 is 40.1. The third-order valence-corrected chi connectivity index (χ3v) is 5.94. The molecule has 0 aliphatic rings. The largest absolute Gasteiger partial charge is 0.416 e. The minimum Gasteiger partial charge on any atom is -0.384 e. The average molecular weight is 518 g/mol. The quantitative estimate of drug-likeness (QED) is 0.226. The fourth-order valence-electron chi connectivity index (χ4n) is 3.85. The van der Waals surface area contributed by atoms with Gasteiger partial charge >= 0.3 is 6.18 Å². The van der Waals surface area contributed by atoms with Gasteiger partial charge in [0.1, 0.15) is 5.82 Å². The van der Waals surface area contributed by atoms with Crippen LogP contribution in [-0.4, -0.2) is 26.1 Å². The summed E-state index contributed by atoms with van der Waals surface area (Å²) in [6, 6.07) is 15.5. The first-order chi connectivity index (χ1) is 18.2. The van der Waals surface area contributed by atoms with Crippen LogP contribution in [0, 0.1) is 6.92 Å². The van der Waals surface area contributed by atoms with E-state index in [-0.39, 0.29) is 17.8 Å². The Kier molecular flexibility index (Phi) is 6.41. The summed E-state index contributed by atoms with van der Waals surface area (Å²) in [6.07, 6.45) is -1.30. The third-order valence-electron chi connectivity index (χ3n) is 5.94. The number of alkyl halides is 3. The van der Waals surface area contributed by atoms with Crippen molar-refractivity contribution in [1.29, 1.82) is 0 Å². The summed E-state index contributed by atoms with van der Waals surface area (Å²) in [6.45, 7) is 2.13. The van der Waals surface area contributed by atoms with E-state index in [9.17, 15) is 18.0 Å². The number of aromatic amines is 1. The Morgan fingerprint density at radius 3 is 2.50 bits per heavy atom. The molecule has 5 rings (SSSR count). The number of fused-ring (bicyclic) bond motifs is 1. The molecule has 0 bridgehead atoms. The molecule has 0 spiro atoms. The maximum Gasteiger partial charge on any atom is 0.416 e. The molecule has 1 amide bonds. The molecule has 0 saturated carbocycles. The third kappa shape index (κ3) is 5.26. The summed E-state index contributed by atoms with van der Waals surface area (Å²) in [4.78, 5) is 21.7. The second kappa shape index (κ2) is 9.85. The number of halogens is 3. The maximum atomic E-state index is 13.4. The van der Waals surface area contributed by atoms with E-state index in [2.05, 4.69) is 30.8 Å². The Balaban J connectivity index is 1.35. The number of amides is 1. The number of anilines is 3. The molecule has 0 radical (unpaired) electrons. The molecule has 5 N–H and O–H groups in total. The van der Waals surface area contributed by atoms with Gasteiger partial charge in [-0.3, -0.25) is 14.9 Å². The van der Waals surface area contributed by atoms with Gasteiger partial charge in [-0.25, -0.2) is 4.98 Å². The van der Waals surface area contributed by atoms with Crippen molar-refractivity contribution in [2.45, 2.75) is 19.6 Å². The van der Waals surface area contributed by atoms with Crippen LogP contribution in [0.2, 0.25) is 0 Å². The molecule has 3 heterocycles. The van der Waals surface area contributed by atoms with Crippen LogP contribution in [0.1, 0.15) is 27.0 Å². The number of H-pyrrole nitrogens is 1. The lowest BCUT2D eigenvalue weighted by atomic mass is 10.1. The van der Waals surface area contributed by atoms with E-state index in [0.717, 1.165) is 28.8 Å². The van der Waals surface area contributed by atoms with Crippen LogP contribution in [0.25, 0.3) is 22.3 Å². The van der Waals surface area contributed by atoms with Crippen LogP contribution in [-0.2, 0) is 12.7 Å². The van der Waals surface area contributed by atoms with Crippen molar-refractivity contribution in [1.82, 2.24) is 20.2 Å². The van der Waals surface area contributed by atoms with E-state index < -0.39 is 17.6 Å². The number of benzene rings is 2. The molecular formula is C27H22F3N7O. The van der Waals surface area contributed by atoms with E-state index in [1.165, 1.54) is 6.07 Å². The topological polar surface area (TPSA) is 122 Å². The second-order valence-electron chi connectivity index (χ2n) is 8.72. The van der Waals surface area contributed by atoms with Gasteiger partial charge < -0.3 is 16.4 Å². The molecule has 8 nitrogen and oxygen atoms in total. The molecule has 192 valence electrons. The van der Waals surface area contributed by atoms with E-state index >= 15 is 0 Å². The molecule has 0 saturated heterocycles. The Morgan fingerprint density at radius 2 is 1.79 bits per heavy atom. The van der Waals surface area contributed by atoms with Crippen molar-refractivity contribution in [2.24, 2.45) is 0 Å². The van der Waals surface area contributed by atoms with Crippen molar-refractivity contribution >= 4 is 34.1 Å². The van der Waals surface area contributed by atoms with Gasteiger partial charge in [-0.1, -0.05) is 23.8 Å². The van der Waals surface area contributed by atoms with Gasteiger partial charge in [-0.2, -0.15) is 18.3 Å². The monoisotopic (exact) mass is 517 g/mol. The van der Waals surface area contributed by atoms with E-state index in [1.54, 1.807) is 42.7 Å². The van der Waals surface area contributed by atoms with Crippen molar-refractivity contribution in [2.75, 3.05) is 16.4 Å². The van der Waals surface area contributed by atoms with Crippen LogP contribution in [0.3, 0.4) is 0 Å². The number of carbonyl (C=O) groups excluding carboxylic acids is 1. The Hall–Kier alpha value is -4.93. The van der Waals surface area contributed by atoms with Crippen molar-refractivity contribution < 1.29 is 18.0 Å². The Morgan fingerprint density at radius 1 is 1.00 bits per heavy atom. The maximum absolute atomic E-state index is 13.4. The van der Waals surface area contributed by atoms with Crippen molar-refractivity contribution in [3.8, 4) is 11.3 Å². The predicted molar refractivity (Wildman–Crippen MR) is 139 cm³/mol. The number of nitrogens with two attached hydrogens (primary N) is 1. The molecular weight excluding hydrogens is 495 g/mol. The number of aromatic nitrogens is 4. The van der Waals surface area contributed by atoms with Crippen LogP contribution in [0.15, 0.2) is 73.1 Å². The minimum atomic E-state index is -4.59. The summed E-state index contributed by atoms with van der Waals surface area (Å²) in [5, 5.41) is 13.1. The lowest BCUT2D eigenvalue weighted by Gasteiger charge is -2.15. The molecule has 3 aromatic heterocycles. The highest BCUT2D eigenvalue weighted by atomic mass is 19.4. The lowest BCUT2D eigenvalue weighted by molar-refractivity contribution is -0.137. The molecule has 2 aromatic carbocycles. The highest BCUT2D eigenvalue weighted by Gasteiger charge is 2.32. The zero-order valence-electron chi connectivity index (χ0n) is 20.1. The van der Waals surface area contributed by atoms with Crippen LogP contribution >= 0.6 is 0 Å². The van der Waals surface area contributed by atoms with Gasteiger partial charge in [0.2, 0.25) is 0 Å². The van der Waals surface area contributed by atoms with Gasteiger partial charge in [-0.05, 0) is 55.0 Å². The van der Waals surface area contributed by atoms with Gasteiger partial charge in [-0.15, -0.1) is 0 Å². The molecule has 0 aliphatic carbocycles. The normalized spacial score (nSPS) is 11.5. The number of carbonyl (C=O) groups is 1. The number of hydrogen-bond donors (Lipinski definition) is 4. The van der Waals surface area contributed by atoms with Gasteiger partial charge in [0.15, 0.2) is 5.65 Å². The number of pyridine rings is 2. The highest BCUT2D eigenvalue weighted by Crippen LogP contribution is 2.32. The molecule has 5 aromatic rings. The van der Waals surface area contributed by atoms with E-state index in [0.29, 0.717) is 28.2 Å². The Bertz CT molecular complexity index is 1610. The molecule has 0 aliphatic heterocycles. The number of rotatable bonds is 6. The first-order valence-electron chi connectivity index (χ1n) is 11.6. The smallest absolute Gasteiger partial charge is 0.384 e. The predicted octanol–water partition coefficient (Wildman–Crippen LogP) is 5.79. The molecule has 0 unspecified atom stereocenters. The average Bonchev–Trinajstić information content (AvgIpc) is 3.28. The number of hydrogen-bond acceptors (Lipinski definition) is 6. The number of aryl methyl sites for hydroxylation is 1. The SMILES string of the molecule is Cc1ccc(NC(=O)c2cc(C(F)(F)F)ccc2NCc2ccc(-c3cnc4n[nH]c(N)c4c3)nc2)cc1. The summed E-state index contributed by atoms with van der Waals surface area (Å²) in [5.41, 5.74) is 9.26. The fourth-order valence-corrected chi connectivity index (χ4v) is 3.85.